The third kappa shape index (κ3) is 5.93. The second-order valence-corrected chi connectivity index (χ2v) is 12.9. The minimum Gasteiger partial charge on any atom is -0.330 e. The molecule has 2 aliphatic rings. The molecule has 1 unspecified atom stereocenters. The van der Waals surface area contributed by atoms with Gasteiger partial charge in [0.1, 0.15) is 0 Å². The SMILES string of the molecule is C=CC[C@@]1(C)C[C@H](c2cccc(Cl)c2)C(c2ccc(Cl)cc2)N([C@H](CNS(C)(=O)=O)C2CC2)C1=O. The van der Waals surface area contributed by atoms with E-state index in [2.05, 4.69) is 17.4 Å². The molecule has 1 amide bonds. The van der Waals surface area contributed by atoms with Crippen molar-refractivity contribution in [2.24, 2.45) is 11.3 Å². The molecular weight excluding hydrogens is 503 g/mol. The molecular formula is C27H32Cl2N2O3S. The van der Waals surface area contributed by atoms with E-state index in [4.69, 9.17) is 23.2 Å². The molecule has 0 aromatic heterocycles. The number of piperidine rings is 1. The summed E-state index contributed by atoms with van der Waals surface area (Å²) in [6.07, 6.45) is 6.04. The van der Waals surface area contributed by atoms with E-state index in [1.54, 1.807) is 6.08 Å². The summed E-state index contributed by atoms with van der Waals surface area (Å²) < 4.78 is 26.7. The standard InChI is InChI=1S/C27H32Cl2N2O3S/c1-4-14-27(2)16-23(20-6-5-7-22(29)15-20)25(19-10-12-21(28)13-11-19)31(26(27)32)24(18-8-9-18)17-30-35(3,33)34/h4-7,10-13,15,18,23-25,30H,1,8-9,14,16-17H2,2-3H3/t23-,24-,25?,27+/m1/s1. The van der Waals surface area contributed by atoms with E-state index in [0.717, 1.165) is 30.2 Å². The van der Waals surface area contributed by atoms with Crippen LogP contribution in [-0.4, -0.2) is 38.1 Å². The zero-order valence-electron chi connectivity index (χ0n) is 20.1. The molecule has 0 radical (unpaired) electrons. The smallest absolute Gasteiger partial charge is 0.229 e. The summed E-state index contributed by atoms with van der Waals surface area (Å²) >= 11 is 12.6. The number of nitrogens with zero attached hydrogens (tertiary/aromatic N) is 1. The van der Waals surface area contributed by atoms with Gasteiger partial charge >= 0.3 is 0 Å². The molecule has 8 heteroatoms. The number of halogens is 2. The van der Waals surface area contributed by atoms with Crippen molar-refractivity contribution in [2.45, 2.75) is 50.6 Å². The van der Waals surface area contributed by atoms with Crippen molar-refractivity contribution in [1.82, 2.24) is 9.62 Å². The van der Waals surface area contributed by atoms with Crippen LogP contribution in [0.15, 0.2) is 61.2 Å². The highest BCUT2D eigenvalue weighted by molar-refractivity contribution is 7.88. The van der Waals surface area contributed by atoms with E-state index in [9.17, 15) is 13.2 Å². The average molecular weight is 536 g/mol. The van der Waals surface area contributed by atoms with Crippen LogP contribution in [0, 0.1) is 11.3 Å². The van der Waals surface area contributed by atoms with Gasteiger partial charge in [0.2, 0.25) is 15.9 Å². The summed E-state index contributed by atoms with van der Waals surface area (Å²) in [6.45, 7) is 6.10. The number of likely N-dealkylation sites (tertiary alicyclic amines) is 1. The van der Waals surface area contributed by atoms with E-state index < -0.39 is 15.4 Å². The molecule has 5 nitrogen and oxygen atoms in total. The first-order valence-corrected chi connectivity index (χ1v) is 14.6. The van der Waals surface area contributed by atoms with Crippen molar-refractivity contribution < 1.29 is 13.2 Å². The molecule has 2 fully saturated rings. The Morgan fingerprint density at radius 3 is 2.40 bits per heavy atom. The molecule has 1 aliphatic heterocycles. The van der Waals surface area contributed by atoms with Crippen molar-refractivity contribution in [2.75, 3.05) is 12.8 Å². The zero-order chi connectivity index (χ0) is 25.4. The van der Waals surface area contributed by atoms with Crippen LogP contribution < -0.4 is 4.72 Å². The maximum atomic E-state index is 14.3. The minimum atomic E-state index is -3.42. The lowest BCUT2D eigenvalue weighted by Gasteiger charge is -2.52. The van der Waals surface area contributed by atoms with Gasteiger partial charge in [-0.2, -0.15) is 0 Å². The summed E-state index contributed by atoms with van der Waals surface area (Å²) in [4.78, 5) is 16.2. The first kappa shape index (κ1) is 26.2. The number of hydrogen-bond acceptors (Lipinski definition) is 3. The van der Waals surface area contributed by atoms with Crippen LogP contribution in [0.4, 0.5) is 0 Å². The van der Waals surface area contributed by atoms with Crippen molar-refractivity contribution >= 4 is 39.1 Å². The molecule has 2 aromatic rings. The highest BCUT2D eigenvalue weighted by atomic mass is 35.5. The van der Waals surface area contributed by atoms with Gasteiger partial charge in [-0.15, -0.1) is 6.58 Å². The first-order chi connectivity index (χ1) is 16.5. The van der Waals surface area contributed by atoms with Crippen molar-refractivity contribution in [3.8, 4) is 0 Å². The van der Waals surface area contributed by atoms with E-state index in [1.165, 1.54) is 0 Å². The van der Waals surface area contributed by atoms with Crippen LogP contribution in [0.25, 0.3) is 0 Å². The molecule has 1 saturated carbocycles. The second kappa shape index (κ2) is 10.3. The van der Waals surface area contributed by atoms with Crippen LogP contribution in [0.3, 0.4) is 0 Å². The number of allylic oxidation sites excluding steroid dienone is 1. The Balaban J connectivity index is 1.88. The second-order valence-electron chi connectivity index (χ2n) is 10.2. The predicted molar refractivity (Wildman–Crippen MR) is 142 cm³/mol. The van der Waals surface area contributed by atoms with Gasteiger partial charge in [-0.3, -0.25) is 4.79 Å². The number of nitrogens with one attached hydrogen (secondary N) is 1. The highest BCUT2D eigenvalue weighted by Crippen LogP contribution is 2.54. The third-order valence-electron chi connectivity index (χ3n) is 7.26. The van der Waals surface area contributed by atoms with Gasteiger partial charge in [0.05, 0.1) is 17.7 Å². The fraction of sp³-hybridized carbons (Fsp3) is 0.444. The maximum Gasteiger partial charge on any atom is 0.229 e. The Labute approximate surface area is 218 Å². The van der Waals surface area contributed by atoms with Gasteiger partial charge < -0.3 is 4.90 Å². The Bertz CT molecular complexity index is 1200. The fourth-order valence-corrected chi connectivity index (χ4v) is 6.26. The van der Waals surface area contributed by atoms with E-state index in [1.807, 2.05) is 54.3 Å². The Morgan fingerprint density at radius 2 is 1.83 bits per heavy atom. The molecule has 188 valence electrons. The summed E-state index contributed by atoms with van der Waals surface area (Å²) in [5.41, 5.74) is 1.35. The quantitative estimate of drug-likeness (QED) is 0.403. The zero-order valence-corrected chi connectivity index (χ0v) is 22.4. The lowest BCUT2D eigenvalue weighted by Crippen LogP contribution is -2.58. The van der Waals surface area contributed by atoms with Crippen LogP contribution >= 0.6 is 23.2 Å². The average Bonchev–Trinajstić information content (AvgIpc) is 3.62. The van der Waals surface area contributed by atoms with Crippen LogP contribution in [0.5, 0.6) is 0 Å². The fourth-order valence-electron chi connectivity index (χ4n) is 5.46. The molecule has 1 saturated heterocycles. The van der Waals surface area contributed by atoms with Crippen molar-refractivity contribution in [3.63, 3.8) is 0 Å². The Kier molecular flexibility index (Phi) is 7.68. The van der Waals surface area contributed by atoms with Crippen LogP contribution in [-0.2, 0) is 14.8 Å². The Morgan fingerprint density at radius 1 is 1.14 bits per heavy atom. The molecule has 0 bridgehead atoms. The highest BCUT2D eigenvalue weighted by Gasteiger charge is 2.53. The Hall–Kier alpha value is -1.86. The van der Waals surface area contributed by atoms with Crippen molar-refractivity contribution in [3.05, 3.63) is 82.4 Å². The number of hydrogen-bond donors (Lipinski definition) is 1. The molecule has 1 aliphatic carbocycles. The number of sulfonamides is 1. The van der Waals surface area contributed by atoms with E-state index in [-0.39, 0.29) is 36.4 Å². The van der Waals surface area contributed by atoms with Crippen LogP contribution in [0.2, 0.25) is 10.0 Å². The lowest BCUT2D eigenvalue weighted by molar-refractivity contribution is -0.155. The van der Waals surface area contributed by atoms with Crippen LogP contribution in [0.1, 0.15) is 55.7 Å². The third-order valence-corrected chi connectivity index (χ3v) is 8.44. The monoisotopic (exact) mass is 534 g/mol. The number of benzene rings is 2. The summed E-state index contributed by atoms with van der Waals surface area (Å²) in [6, 6.07) is 14.9. The minimum absolute atomic E-state index is 0.0304. The summed E-state index contributed by atoms with van der Waals surface area (Å²) in [5, 5.41) is 1.26. The molecule has 1 N–H and O–H groups in total. The molecule has 35 heavy (non-hydrogen) atoms. The molecule has 2 aromatic carbocycles. The number of carbonyl (C=O) groups excluding carboxylic acids is 1. The molecule has 4 atom stereocenters. The first-order valence-electron chi connectivity index (χ1n) is 11.9. The van der Waals surface area contributed by atoms with Crippen molar-refractivity contribution in [1.29, 1.82) is 0 Å². The number of carbonyl (C=O) groups is 1. The van der Waals surface area contributed by atoms with Gasteiger partial charge in [0.25, 0.3) is 0 Å². The normalized spacial score (nSPS) is 25.9. The predicted octanol–water partition coefficient (Wildman–Crippen LogP) is 5.96. The lowest BCUT2D eigenvalue weighted by atomic mass is 9.67. The van der Waals surface area contributed by atoms with Gasteiger partial charge in [0, 0.05) is 28.5 Å². The van der Waals surface area contributed by atoms with E-state index in [0.29, 0.717) is 22.9 Å². The maximum absolute atomic E-state index is 14.3. The van der Waals surface area contributed by atoms with Gasteiger partial charge in [-0.05, 0) is 67.0 Å². The topological polar surface area (TPSA) is 66.5 Å². The summed E-state index contributed by atoms with van der Waals surface area (Å²) in [5.74, 6) is 0.230. The molecule has 4 rings (SSSR count). The van der Waals surface area contributed by atoms with Gasteiger partial charge in [0.15, 0.2) is 0 Å². The van der Waals surface area contributed by atoms with Gasteiger partial charge in [-0.25, -0.2) is 13.1 Å². The molecule has 1 heterocycles. The largest absolute Gasteiger partial charge is 0.330 e. The van der Waals surface area contributed by atoms with E-state index >= 15 is 0 Å². The number of rotatable bonds is 9. The summed E-state index contributed by atoms with van der Waals surface area (Å²) in [7, 11) is -3.42. The molecule has 0 spiro atoms. The number of amides is 1. The van der Waals surface area contributed by atoms with Gasteiger partial charge in [-0.1, -0.05) is 60.5 Å².